The van der Waals surface area contributed by atoms with Crippen molar-refractivity contribution in [2.45, 2.75) is 32.5 Å². The van der Waals surface area contributed by atoms with Crippen molar-refractivity contribution in [3.63, 3.8) is 0 Å². The predicted molar refractivity (Wildman–Crippen MR) is 97.7 cm³/mol. The van der Waals surface area contributed by atoms with E-state index in [1.165, 1.54) is 18.2 Å². The highest BCUT2D eigenvalue weighted by Crippen LogP contribution is 2.23. The first-order valence-electron chi connectivity index (χ1n) is 8.83. The van der Waals surface area contributed by atoms with Crippen molar-refractivity contribution in [2.75, 3.05) is 39.9 Å². The third-order valence-corrected chi connectivity index (χ3v) is 4.50. The Kier molecular flexibility index (Phi) is 7.73. The van der Waals surface area contributed by atoms with E-state index in [9.17, 15) is 13.2 Å². The number of nitrogens with one attached hydrogen (secondary N) is 2. The monoisotopic (exact) mass is 388 g/mol. The molecular weight excluding hydrogens is 361 g/mol. The summed E-state index contributed by atoms with van der Waals surface area (Å²) in [4.78, 5) is 6.43. The van der Waals surface area contributed by atoms with Gasteiger partial charge in [-0.1, -0.05) is 6.07 Å². The molecule has 1 aromatic carbocycles. The van der Waals surface area contributed by atoms with Crippen LogP contribution in [0, 0.1) is 5.82 Å². The van der Waals surface area contributed by atoms with Crippen molar-refractivity contribution >= 4 is 5.96 Å². The normalized spacial score (nSPS) is 16.5. The van der Waals surface area contributed by atoms with Crippen molar-refractivity contribution in [1.29, 1.82) is 0 Å². The summed E-state index contributed by atoms with van der Waals surface area (Å²) in [6, 6.07) is 3.84. The molecule has 1 aliphatic rings. The molecule has 0 aromatic heterocycles. The number of aliphatic imine (C=N–C) groups is 1. The van der Waals surface area contributed by atoms with Crippen LogP contribution in [-0.2, 0) is 11.3 Å². The fourth-order valence-electron chi connectivity index (χ4n) is 2.89. The highest BCUT2D eigenvalue weighted by atomic mass is 19.3. The van der Waals surface area contributed by atoms with Crippen molar-refractivity contribution in [3.8, 4) is 5.75 Å². The molecule has 0 spiro atoms. The smallest absolute Gasteiger partial charge is 0.387 e. The Morgan fingerprint density at radius 2 is 2.00 bits per heavy atom. The standard InChI is InChI=1S/C18H27F3N4O2/c1-18(2,25-7-9-26-10-8-25)12-24-17(22-3)23-11-13-14(19)5-4-6-15(13)27-16(20)21/h4-6,16H,7-12H2,1-3H3,(H2,22,23,24). The van der Waals surface area contributed by atoms with E-state index in [1.54, 1.807) is 7.05 Å². The minimum Gasteiger partial charge on any atom is -0.434 e. The first-order chi connectivity index (χ1) is 12.8. The molecule has 0 radical (unpaired) electrons. The first-order valence-corrected chi connectivity index (χ1v) is 8.83. The number of hydrogen-bond donors (Lipinski definition) is 2. The first kappa shape index (κ1) is 21.3. The van der Waals surface area contributed by atoms with Crippen molar-refractivity contribution < 1.29 is 22.6 Å². The molecule has 0 atom stereocenters. The lowest BCUT2D eigenvalue weighted by Crippen LogP contribution is -2.56. The maximum absolute atomic E-state index is 14.0. The van der Waals surface area contributed by atoms with Crippen LogP contribution in [0.25, 0.3) is 0 Å². The van der Waals surface area contributed by atoms with Gasteiger partial charge in [-0.2, -0.15) is 8.78 Å². The largest absolute Gasteiger partial charge is 0.434 e. The van der Waals surface area contributed by atoms with Gasteiger partial charge in [0.05, 0.1) is 13.2 Å². The number of rotatable bonds is 7. The minimum absolute atomic E-state index is 0.0215. The summed E-state index contributed by atoms with van der Waals surface area (Å²) in [5.74, 6) is -0.367. The SMILES string of the molecule is CN=C(NCc1c(F)cccc1OC(F)F)NCC(C)(C)N1CCOCC1. The Balaban J connectivity index is 1.94. The number of nitrogens with zero attached hydrogens (tertiary/aromatic N) is 2. The highest BCUT2D eigenvalue weighted by molar-refractivity contribution is 5.79. The third kappa shape index (κ3) is 6.28. The number of guanidine groups is 1. The van der Waals surface area contributed by atoms with Crippen LogP contribution >= 0.6 is 0 Å². The summed E-state index contributed by atoms with van der Waals surface area (Å²) in [6.45, 7) is 4.89. The van der Waals surface area contributed by atoms with Gasteiger partial charge in [0, 0.05) is 44.3 Å². The quantitative estimate of drug-likeness (QED) is 0.554. The Morgan fingerprint density at radius 3 is 2.63 bits per heavy atom. The van der Waals surface area contributed by atoms with Gasteiger partial charge in [0.25, 0.3) is 0 Å². The zero-order valence-corrected chi connectivity index (χ0v) is 15.9. The van der Waals surface area contributed by atoms with E-state index in [4.69, 9.17) is 4.74 Å². The zero-order valence-electron chi connectivity index (χ0n) is 15.9. The molecule has 1 fully saturated rings. The lowest BCUT2D eigenvalue weighted by atomic mass is 10.0. The van der Waals surface area contributed by atoms with E-state index in [0.29, 0.717) is 25.7 Å². The molecule has 1 aromatic rings. The summed E-state index contributed by atoms with van der Waals surface area (Å²) in [6.07, 6.45) is 0. The number of morpholine rings is 1. The van der Waals surface area contributed by atoms with Gasteiger partial charge in [0.15, 0.2) is 5.96 Å². The van der Waals surface area contributed by atoms with Crippen molar-refractivity contribution in [1.82, 2.24) is 15.5 Å². The fraction of sp³-hybridized carbons (Fsp3) is 0.611. The molecule has 1 saturated heterocycles. The topological polar surface area (TPSA) is 58.1 Å². The summed E-state index contributed by atoms with van der Waals surface area (Å²) in [5, 5.41) is 6.15. The van der Waals surface area contributed by atoms with E-state index in [2.05, 4.69) is 39.1 Å². The van der Waals surface area contributed by atoms with Crippen molar-refractivity contribution in [2.24, 2.45) is 4.99 Å². The summed E-state index contributed by atoms with van der Waals surface area (Å²) >= 11 is 0. The van der Waals surface area contributed by atoms with Gasteiger partial charge in [-0.3, -0.25) is 9.89 Å². The minimum atomic E-state index is -3.02. The summed E-state index contributed by atoms with van der Waals surface area (Å²) in [5.41, 5.74) is -0.114. The number of hydrogen-bond acceptors (Lipinski definition) is 4. The molecule has 27 heavy (non-hydrogen) atoms. The molecule has 0 amide bonds. The van der Waals surface area contributed by atoms with Gasteiger partial charge < -0.3 is 20.1 Å². The third-order valence-electron chi connectivity index (χ3n) is 4.50. The van der Waals surface area contributed by atoms with Crippen LogP contribution < -0.4 is 15.4 Å². The van der Waals surface area contributed by atoms with Crippen LogP contribution in [0.3, 0.4) is 0 Å². The van der Waals surface area contributed by atoms with Gasteiger partial charge in [-0.05, 0) is 26.0 Å². The van der Waals surface area contributed by atoms with Gasteiger partial charge >= 0.3 is 6.61 Å². The molecule has 9 heteroatoms. The molecule has 6 nitrogen and oxygen atoms in total. The Morgan fingerprint density at radius 1 is 1.30 bits per heavy atom. The molecule has 0 saturated carbocycles. The second-order valence-corrected chi connectivity index (χ2v) is 6.79. The molecule has 0 bridgehead atoms. The van der Waals surface area contributed by atoms with Crippen LogP contribution in [0.2, 0.25) is 0 Å². The second kappa shape index (κ2) is 9.80. The Hall–Kier alpha value is -2.00. The van der Waals surface area contributed by atoms with Crippen LogP contribution in [0.15, 0.2) is 23.2 Å². The van der Waals surface area contributed by atoms with E-state index >= 15 is 0 Å². The molecule has 152 valence electrons. The van der Waals surface area contributed by atoms with Crippen LogP contribution in [0.1, 0.15) is 19.4 Å². The molecule has 1 heterocycles. The van der Waals surface area contributed by atoms with Crippen molar-refractivity contribution in [3.05, 3.63) is 29.6 Å². The summed E-state index contributed by atoms with van der Waals surface area (Å²) in [7, 11) is 1.59. The van der Waals surface area contributed by atoms with Gasteiger partial charge in [-0.15, -0.1) is 0 Å². The number of alkyl halides is 2. The molecule has 0 unspecified atom stereocenters. The predicted octanol–water partition coefficient (Wildman–Crippen LogP) is 2.20. The van der Waals surface area contributed by atoms with Gasteiger partial charge in [-0.25, -0.2) is 4.39 Å². The Bertz CT molecular complexity index is 635. The van der Waals surface area contributed by atoms with Crippen LogP contribution in [0.5, 0.6) is 5.75 Å². The van der Waals surface area contributed by atoms with Gasteiger partial charge in [0.1, 0.15) is 11.6 Å². The van der Waals surface area contributed by atoms with Crippen LogP contribution in [-0.4, -0.2) is 62.9 Å². The molecule has 2 N–H and O–H groups in total. The van der Waals surface area contributed by atoms with E-state index in [1.807, 2.05) is 0 Å². The molecular formula is C18H27F3N4O2. The number of benzene rings is 1. The average molecular weight is 388 g/mol. The molecule has 0 aliphatic carbocycles. The average Bonchev–Trinajstić information content (AvgIpc) is 2.64. The maximum Gasteiger partial charge on any atom is 0.387 e. The highest BCUT2D eigenvalue weighted by Gasteiger charge is 2.28. The van der Waals surface area contributed by atoms with E-state index < -0.39 is 12.4 Å². The summed E-state index contributed by atoms with van der Waals surface area (Å²) < 4.78 is 48.8. The number of halogens is 3. The van der Waals surface area contributed by atoms with Gasteiger partial charge in [0.2, 0.25) is 0 Å². The lowest BCUT2D eigenvalue weighted by Gasteiger charge is -2.41. The van der Waals surface area contributed by atoms with E-state index in [-0.39, 0.29) is 23.4 Å². The van der Waals surface area contributed by atoms with Crippen LogP contribution in [0.4, 0.5) is 13.2 Å². The zero-order chi connectivity index (χ0) is 19.9. The fourth-order valence-corrected chi connectivity index (χ4v) is 2.89. The molecule has 1 aliphatic heterocycles. The van der Waals surface area contributed by atoms with E-state index in [0.717, 1.165) is 13.1 Å². The number of ether oxygens (including phenoxy) is 2. The maximum atomic E-state index is 14.0. The Labute approximate surface area is 157 Å². The molecule has 2 rings (SSSR count). The second-order valence-electron chi connectivity index (χ2n) is 6.79. The lowest BCUT2D eigenvalue weighted by molar-refractivity contribution is -0.0506.